The normalized spacial score (nSPS) is 10.9. The minimum atomic E-state index is 0.174. The highest BCUT2D eigenvalue weighted by molar-refractivity contribution is 5.82. The first kappa shape index (κ1) is 18.7. The first-order valence-electron chi connectivity index (χ1n) is 9.03. The van der Waals surface area contributed by atoms with Crippen molar-refractivity contribution in [2.24, 2.45) is 0 Å². The van der Waals surface area contributed by atoms with Crippen molar-refractivity contribution in [1.29, 1.82) is 0 Å². The van der Waals surface area contributed by atoms with Crippen molar-refractivity contribution in [2.45, 2.75) is 33.7 Å². The molecule has 142 valence electrons. The summed E-state index contributed by atoms with van der Waals surface area (Å²) >= 11 is 0. The van der Waals surface area contributed by atoms with Gasteiger partial charge < -0.3 is 20.3 Å². The lowest BCUT2D eigenvalue weighted by molar-refractivity contribution is -0.109. The van der Waals surface area contributed by atoms with Gasteiger partial charge in [0.15, 0.2) is 0 Å². The molecule has 0 bridgehead atoms. The van der Waals surface area contributed by atoms with Crippen LogP contribution in [0.3, 0.4) is 0 Å². The van der Waals surface area contributed by atoms with Crippen molar-refractivity contribution >= 4 is 23.4 Å². The summed E-state index contributed by atoms with van der Waals surface area (Å²) in [5, 5.41) is 16.2. The molecule has 2 heterocycles. The van der Waals surface area contributed by atoms with Crippen LogP contribution in [0, 0.1) is 20.8 Å². The number of carbonyl (C=O) groups excluding carboxylic acids is 1. The molecule has 1 aromatic carbocycles. The van der Waals surface area contributed by atoms with E-state index >= 15 is 0 Å². The summed E-state index contributed by atoms with van der Waals surface area (Å²) in [5.41, 5.74) is 5.67. The Hall–Kier alpha value is -3.09. The van der Waals surface area contributed by atoms with Gasteiger partial charge in [-0.15, -0.1) is 0 Å². The summed E-state index contributed by atoms with van der Waals surface area (Å²) in [6.45, 7) is 7.71. The number of benzene rings is 1. The van der Waals surface area contributed by atoms with Crippen LogP contribution in [0.15, 0.2) is 24.3 Å². The third-order valence-corrected chi connectivity index (χ3v) is 4.45. The summed E-state index contributed by atoms with van der Waals surface area (Å²) in [5.74, 6) is 0.903. The van der Waals surface area contributed by atoms with Crippen LogP contribution in [0.1, 0.15) is 28.9 Å². The summed E-state index contributed by atoms with van der Waals surface area (Å²) in [6.07, 6.45) is 1.49. The molecular formula is C20H25N5O2. The third-order valence-electron chi connectivity index (χ3n) is 4.45. The van der Waals surface area contributed by atoms with Crippen LogP contribution in [-0.4, -0.2) is 39.1 Å². The zero-order valence-corrected chi connectivity index (χ0v) is 15.9. The maximum absolute atomic E-state index is 10.4. The Morgan fingerprint density at radius 2 is 1.96 bits per heavy atom. The Kier molecular flexibility index (Phi) is 5.59. The zero-order valence-electron chi connectivity index (χ0n) is 15.9. The monoisotopic (exact) mass is 367 g/mol. The van der Waals surface area contributed by atoms with E-state index in [9.17, 15) is 9.90 Å². The number of aromatic nitrogens is 3. The minimum Gasteiger partial charge on any atom is -0.506 e. The predicted molar refractivity (Wildman–Crippen MR) is 106 cm³/mol. The van der Waals surface area contributed by atoms with E-state index < -0.39 is 0 Å². The van der Waals surface area contributed by atoms with Crippen molar-refractivity contribution in [2.75, 3.05) is 18.4 Å². The van der Waals surface area contributed by atoms with Gasteiger partial charge in [-0.2, -0.15) is 0 Å². The van der Waals surface area contributed by atoms with Gasteiger partial charge in [0, 0.05) is 18.8 Å². The number of hydrogen-bond acceptors (Lipinski definition) is 5. The van der Waals surface area contributed by atoms with Crippen molar-refractivity contribution in [3.05, 3.63) is 46.8 Å². The van der Waals surface area contributed by atoms with Crippen LogP contribution in [0.5, 0.6) is 5.75 Å². The number of hydrogen-bond donors (Lipinski definition) is 3. The van der Waals surface area contributed by atoms with Crippen LogP contribution >= 0.6 is 0 Å². The topological polar surface area (TPSA) is 92.1 Å². The SMILES string of the molecule is Cc1cc(C)c2nc(NCCCNC=O)n(Cc3nc(C)ccc3O)c2c1. The number of imidazole rings is 1. The van der Waals surface area contributed by atoms with E-state index in [0.717, 1.165) is 40.2 Å². The van der Waals surface area contributed by atoms with Crippen LogP contribution < -0.4 is 10.6 Å². The van der Waals surface area contributed by atoms with Gasteiger partial charge in [-0.25, -0.2) is 4.98 Å². The van der Waals surface area contributed by atoms with Gasteiger partial charge in [0.2, 0.25) is 12.4 Å². The molecule has 3 N–H and O–H groups in total. The number of anilines is 1. The first-order chi connectivity index (χ1) is 13.0. The molecule has 7 heteroatoms. The summed E-state index contributed by atoms with van der Waals surface area (Å²) in [6, 6.07) is 7.67. The maximum atomic E-state index is 10.4. The Morgan fingerprint density at radius 3 is 2.74 bits per heavy atom. The second-order valence-corrected chi connectivity index (χ2v) is 6.74. The molecule has 0 aliphatic carbocycles. The number of carbonyl (C=O) groups is 1. The van der Waals surface area contributed by atoms with Gasteiger partial charge in [-0.3, -0.25) is 9.78 Å². The molecule has 3 rings (SSSR count). The van der Waals surface area contributed by atoms with Crippen LogP contribution in [-0.2, 0) is 11.3 Å². The van der Waals surface area contributed by atoms with E-state index in [1.54, 1.807) is 12.1 Å². The van der Waals surface area contributed by atoms with Crippen LogP contribution in [0.4, 0.5) is 5.95 Å². The van der Waals surface area contributed by atoms with Gasteiger partial charge in [0.25, 0.3) is 0 Å². The quantitative estimate of drug-likeness (QED) is 0.420. The predicted octanol–water partition coefficient (Wildman–Crippen LogP) is 2.66. The Bertz CT molecular complexity index is 965. The van der Waals surface area contributed by atoms with E-state index in [2.05, 4.69) is 34.7 Å². The van der Waals surface area contributed by atoms with Gasteiger partial charge in [-0.1, -0.05) is 6.07 Å². The fourth-order valence-electron chi connectivity index (χ4n) is 3.18. The molecule has 0 fully saturated rings. The molecule has 2 aromatic heterocycles. The van der Waals surface area contributed by atoms with E-state index in [1.165, 1.54) is 0 Å². The molecule has 0 aliphatic rings. The van der Waals surface area contributed by atoms with Crippen molar-refractivity contribution in [3.63, 3.8) is 0 Å². The lowest BCUT2D eigenvalue weighted by Crippen LogP contribution is -2.17. The fraction of sp³-hybridized carbons (Fsp3) is 0.350. The first-order valence-corrected chi connectivity index (χ1v) is 9.03. The summed E-state index contributed by atoms with van der Waals surface area (Å²) in [7, 11) is 0. The molecule has 1 amide bonds. The number of rotatable bonds is 8. The number of fused-ring (bicyclic) bond motifs is 1. The Morgan fingerprint density at radius 1 is 1.15 bits per heavy atom. The van der Waals surface area contributed by atoms with Gasteiger partial charge >= 0.3 is 0 Å². The zero-order chi connectivity index (χ0) is 19.4. The van der Waals surface area contributed by atoms with Crippen molar-refractivity contribution in [1.82, 2.24) is 19.9 Å². The molecule has 0 spiro atoms. The molecule has 0 saturated carbocycles. The number of nitrogens with zero attached hydrogens (tertiary/aromatic N) is 3. The molecule has 27 heavy (non-hydrogen) atoms. The lowest BCUT2D eigenvalue weighted by Gasteiger charge is -2.12. The number of aromatic hydroxyl groups is 1. The van der Waals surface area contributed by atoms with Crippen molar-refractivity contribution < 1.29 is 9.90 Å². The molecule has 0 atom stereocenters. The standard InChI is InChI=1S/C20H25N5O2/c1-13-9-14(2)19-17(10-13)25(11-16-18(27)6-5-15(3)23-16)20(24-19)22-8-4-7-21-12-26/h5-6,9-10,12,27H,4,7-8,11H2,1-3H3,(H,21,26)(H,22,24). The maximum Gasteiger partial charge on any atom is 0.207 e. The Labute approximate surface area is 158 Å². The van der Waals surface area contributed by atoms with Gasteiger partial charge in [0.05, 0.1) is 17.6 Å². The molecule has 3 aromatic rings. The van der Waals surface area contributed by atoms with E-state index in [4.69, 9.17) is 4.98 Å². The van der Waals surface area contributed by atoms with E-state index in [1.807, 2.05) is 18.4 Å². The van der Waals surface area contributed by atoms with Crippen molar-refractivity contribution in [3.8, 4) is 5.75 Å². The highest BCUT2D eigenvalue weighted by atomic mass is 16.3. The number of aryl methyl sites for hydroxylation is 3. The average Bonchev–Trinajstić information content (AvgIpc) is 2.96. The van der Waals surface area contributed by atoms with E-state index in [0.29, 0.717) is 31.7 Å². The van der Waals surface area contributed by atoms with Crippen LogP contribution in [0.25, 0.3) is 11.0 Å². The van der Waals surface area contributed by atoms with Gasteiger partial charge in [0.1, 0.15) is 11.4 Å². The highest BCUT2D eigenvalue weighted by Crippen LogP contribution is 2.27. The molecular weight excluding hydrogens is 342 g/mol. The minimum absolute atomic E-state index is 0.174. The van der Waals surface area contributed by atoms with Gasteiger partial charge in [-0.05, 0) is 56.5 Å². The summed E-state index contributed by atoms with van der Waals surface area (Å²) < 4.78 is 2.05. The largest absolute Gasteiger partial charge is 0.506 e. The number of amides is 1. The average molecular weight is 367 g/mol. The smallest absolute Gasteiger partial charge is 0.207 e. The summed E-state index contributed by atoms with van der Waals surface area (Å²) in [4.78, 5) is 19.6. The fourth-order valence-corrected chi connectivity index (χ4v) is 3.18. The molecule has 0 saturated heterocycles. The van der Waals surface area contributed by atoms with E-state index in [-0.39, 0.29) is 5.75 Å². The lowest BCUT2D eigenvalue weighted by atomic mass is 10.1. The number of pyridine rings is 1. The second-order valence-electron chi connectivity index (χ2n) is 6.74. The Balaban J connectivity index is 1.97. The highest BCUT2D eigenvalue weighted by Gasteiger charge is 2.15. The molecule has 0 aliphatic heterocycles. The molecule has 0 unspecified atom stereocenters. The van der Waals surface area contributed by atoms with Crippen LogP contribution in [0.2, 0.25) is 0 Å². The number of nitrogens with one attached hydrogen (secondary N) is 2. The second kappa shape index (κ2) is 8.07. The third kappa shape index (κ3) is 4.19. The molecule has 7 nitrogen and oxygen atoms in total. The molecule has 0 radical (unpaired) electrons.